The molecule has 0 aliphatic heterocycles. The van der Waals surface area contributed by atoms with Crippen molar-refractivity contribution in [2.75, 3.05) is 26.4 Å². The molecule has 0 amide bonds. The van der Waals surface area contributed by atoms with Crippen LogP contribution in [0.3, 0.4) is 0 Å². The fourth-order valence-corrected chi connectivity index (χ4v) is 3.00. The Morgan fingerprint density at radius 2 is 1.12 bits per heavy atom. The van der Waals surface area contributed by atoms with Gasteiger partial charge in [-0.2, -0.15) is 0 Å². The normalized spacial score (nSPS) is 24.3. The van der Waals surface area contributed by atoms with Gasteiger partial charge in [-0.25, -0.2) is 0 Å². The molecule has 8 heteroatoms. The van der Waals surface area contributed by atoms with Gasteiger partial charge in [0.15, 0.2) is 0 Å². The third kappa shape index (κ3) is 8.93. The van der Waals surface area contributed by atoms with E-state index in [4.69, 9.17) is 19.7 Å². The van der Waals surface area contributed by atoms with Crippen molar-refractivity contribution < 1.29 is 39.5 Å². The Morgan fingerprint density at radius 1 is 0.731 bits per heavy atom. The average Bonchev–Trinajstić information content (AvgIpc) is 2.66. The molecule has 152 valence electrons. The van der Waals surface area contributed by atoms with Gasteiger partial charge < -0.3 is 29.9 Å². The third-order valence-electron chi connectivity index (χ3n) is 4.64. The van der Waals surface area contributed by atoms with Gasteiger partial charge in [-0.15, -0.1) is 0 Å². The maximum absolute atomic E-state index is 12.2. The summed E-state index contributed by atoms with van der Waals surface area (Å²) in [6.45, 7) is -1.41. The predicted octanol–water partition coefficient (Wildman–Crippen LogP) is 0.146. The predicted molar refractivity (Wildman–Crippen MR) is 92.0 cm³/mol. The number of carbonyl (C=O) groups is 2. The molecule has 0 bridgehead atoms. The van der Waals surface area contributed by atoms with Crippen molar-refractivity contribution in [3.63, 3.8) is 0 Å². The van der Waals surface area contributed by atoms with E-state index in [1.165, 1.54) is 0 Å². The molecule has 1 fully saturated rings. The highest BCUT2D eigenvalue weighted by Gasteiger charge is 2.27. The first kappa shape index (κ1) is 22.8. The molecular formula is C18H32O8. The first-order valence-electron chi connectivity index (χ1n) is 9.39. The number of ether oxygens (including phenoxy) is 2. The quantitative estimate of drug-likeness (QED) is 0.440. The van der Waals surface area contributed by atoms with Crippen molar-refractivity contribution in [2.45, 2.75) is 63.6 Å². The van der Waals surface area contributed by atoms with Gasteiger partial charge in [-0.05, 0) is 25.7 Å². The second-order valence-electron chi connectivity index (χ2n) is 6.90. The van der Waals surface area contributed by atoms with Crippen LogP contribution in [0.5, 0.6) is 0 Å². The van der Waals surface area contributed by atoms with Crippen LogP contribution in [0.15, 0.2) is 0 Å². The summed E-state index contributed by atoms with van der Waals surface area (Å²) < 4.78 is 10.1. The van der Waals surface area contributed by atoms with Crippen molar-refractivity contribution in [1.29, 1.82) is 0 Å². The van der Waals surface area contributed by atoms with Gasteiger partial charge in [0, 0.05) is 0 Å². The van der Waals surface area contributed by atoms with Crippen molar-refractivity contribution in [1.82, 2.24) is 0 Å². The monoisotopic (exact) mass is 376 g/mol. The summed E-state index contributed by atoms with van der Waals surface area (Å²) in [5, 5.41) is 36.2. The van der Waals surface area contributed by atoms with Crippen molar-refractivity contribution in [2.24, 2.45) is 11.8 Å². The molecule has 0 saturated heterocycles. The van der Waals surface area contributed by atoms with E-state index in [9.17, 15) is 19.8 Å². The summed E-state index contributed by atoms with van der Waals surface area (Å²) in [7, 11) is 0. The van der Waals surface area contributed by atoms with E-state index in [0.29, 0.717) is 25.7 Å². The minimum atomic E-state index is -1.08. The number of hydrogen-bond acceptors (Lipinski definition) is 8. The minimum absolute atomic E-state index is 0.240. The van der Waals surface area contributed by atoms with E-state index in [0.717, 1.165) is 25.7 Å². The lowest BCUT2D eigenvalue weighted by molar-refractivity contribution is -0.156. The van der Waals surface area contributed by atoms with E-state index in [1.54, 1.807) is 0 Å². The molecule has 0 radical (unpaired) electrons. The van der Waals surface area contributed by atoms with Crippen LogP contribution < -0.4 is 0 Å². The lowest BCUT2D eigenvalue weighted by Gasteiger charge is -2.22. The van der Waals surface area contributed by atoms with E-state index >= 15 is 0 Å². The fraction of sp³-hybridized carbons (Fsp3) is 0.889. The lowest BCUT2D eigenvalue weighted by Crippen LogP contribution is -2.28. The summed E-state index contributed by atoms with van der Waals surface area (Å²) in [6, 6.07) is 0. The van der Waals surface area contributed by atoms with Crippen LogP contribution in [-0.2, 0) is 19.1 Å². The smallest absolute Gasteiger partial charge is 0.309 e. The summed E-state index contributed by atoms with van der Waals surface area (Å²) >= 11 is 0. The van der Waals surface area contributed by atoms with Gasteiger partial charge in [0.25, 0.3) is 0 Å². The van der Waals surface area contributed by atoms with E-state index in [1.807, 2.05) is 0 Å². The molecule has 1 saturated carbocycles. The highest BCUT2D eigenvalue weighted by Crippen LogP contribution is 2.27. The largest absolute Gasteiger partial charge is 0.463 e. The van der Waals surface area contributed by atoms with Crippen LogP contribution in [0.1, 0.15) is 51.4 Å². The van der Waals surface area contributed by atoms with E-state index < -0.39 is 37.4 Å². The first-order chi connectivity index (χ1) is 12.5. The van der Waals surface area contributed by atoms with Gasteiger partial charge in [-0.1, -0.05) is 25.7 Å². The van der Waals surface area contributed by atoms with Crippen LogP contribution in [0.4, 0.5) is 0 Å². The number of esters is 2. The molecule has 0 aromatic rings. The Balaban J connectivity index is 2.56. The molecule has 0 aromatic carbocycles. The van der Waals surface area contributed by atoms with Crippen LogP contribution in [0.2, 0.25) is 0 Å². The highest BCUT2D eigenvalue weighted by molar-refractivity contribution is 5.74. The molecule has 1 aliphatic carbocycles. The zero-order valence-corrected chi connectivity index (χ0v) is 15.2. The van der Waals surface area contributed by atoms with Gasteiger partial charge in [0.05, 0.1) is 25.0 Å². The van der Waals surface area contributed by atoms with Gasteiger partial charge in [-0.3, -0.25) is 9.59 Å². The Morgan fingerprint density at radius 3 is 1.46 bits per heavy atom. The number of carbonyl (C=O) groups excluding carboxylic acids is 2. The first-order valence-corrected chi connectivity index (χ1v) is 9.39. The molecule has 1 aliphatic rings. The molecule has 8 nitrogen and oxygen atoms in total. The maximum Gasteiger partial charge on any atom is 0.309 e. The molecule has 26 heavy (non-hydrogen) atoms. The number of rotatable bonds is 8. The number of hydrogen-bond donors (Lipinski definition) is 4. The molecular weight excluding hydrogens is 344 g/mol. The SMILES string of the molecule is O=C(OCC(O)CO)C1CCCCCCC(C(=O)OCC(O)CO)CC1. The summed E-state index contributed by atoms with van der Waals surface area (Å²) in [5.41, 5.74) is 0. The van der Waals surface area contributed by atoms with Crippen molar-refractivity contribution in [3.8, 4) is 0 Å². The fourth-order valence-electron chi connectivity index (χ4n) is 3.00. The molecule has 4 unspecified atom stereocenters. The maximum atomic E-state index is 12.2. The zero-order valence-electron chi connectivity index (χ0n) is 15.2. The minimum Gasteiger partial charge on any atom is -0.463 e. The Kier molecular flexibility index (Phi) is 11.4. The average molecular weight is 376 g/mol. The van der Waals surface area contributed by atoms with Gasteiger partial charge in [0.2, 0.25) is 0 Å². The standard InChI is InChI=1S/C18H32O8/c19-9-15(21)11-25-17(23)13-5-3-1-2-4-6-14(8-7-13)18(24)26-12-16(22)10-20/h13-16,19-22H,1-12H2. The number of aliphatic hydroxyl groups is 4. The number of aliphatic hydroxyl groups excluding tert-OH is 4. The molecule has 4 N–H and O–H groups in total. The van der Waals surface area contributed by atoms with Crippen LogP contribution in [-0.4, -0.2) is 71.0 Å². The van der Waals surface area contributed by atoms with Crippen molar-refractivity contribution in [3.05, 3.63) is 0 Å². The molecule has 4 atom stereocenters. The topological polar surface area (TPSA) is 134 Å². The van der Waals surface area contributed by atoms with Gasteiger partial charge in [0.1, 0.15) is 25.4 Å². The lowest BCUT2D eigenvalue weighted by atomic mass is 9.87. The van der Waals surface area contributed by atoms with Crippen LogP contribution in [0, 0.1) is 11.8 Å². The van der Waals surface area contributed by atoms with Crippen LogP contribution >= 0.6 is 0 Å². The third-order valence-corrected chi connectivity index (χ3v) is 4.64. The summed E-state index contributed by atoms with van der Waals surface area (Å²) in [4.78, 5) is 24.4. The Bertz CT molecular complexity index is 376. The van der Waals surface area contributed by atoms with Crippen LogP contribution in [0.25, 0.3) is 0 Å². The Hall–Kier alpha value is -1.22. The van der Waals surface area contributed by atoms with E-state index in [2.05, 4.69) is 0 Å². The highest BCUT2D eigenvalue weighted by atomic mass is 16.5. The molecule has 0 spiro atoms. The summed E-state index contributed by atoms with van der Waals surface area (Å²) in [6.07, 6.45) is 3.87. The molecule has 0 heterocycles. The zero-order chi connectivity index (χ0) is 19.4. The molecule has 0 aromatic heterocycles. The molecule has 1 rings (SSSR count). The van der Waals surface area contributed by atoms with Crippen molar-refractivity contribution >= 4 is 11.9 Å². The Labute approximate surface area is 154 Å². The second-order valence-corrected chi connectivity index (χ2v) is 6.90. The van der Waals surface area contributed by atoms with Gasteiger partial charge >= 0.3 is 11.9 Å². The van der Waals surface area contributed by atoms with E-state index in [-0.39, 0.29) is 25.0 Å². The second kappa shape index (κ2) is 13.0. The summed E-state index contributed by atoms with van der Waals surface area (Å²) in [5.74, 6) is -1.53.